The molecule has 4 atom stereocenters. The lowest BCUT2D eigenvalue weighted by Crippen LogP contribution is -2.57. The van der Waals surface area contributed by atoms with Gasteiger partial charge in [0.25, 0.3) is 0 Å². The van der Waals surface area contributed by atoms with Gasteiger partial charge in [0.15, 0.2) is 0 Å². The van der Waals surface area contributed by atoms with Crippen LogP contribution in [0.1, 0.15) is 53.9 Å². The molecule has 4 amide bonds. The maximum atomic E-state index is 12.9. The van der Waals surface area contributed by atoms with E-state index in [2.05, 4.69) is 21.3 Å². The van der Waals surface area contributed by atoms with E-state index in [9.17, 15) is 24.0 Å². The van der Waals surface area contributed by atoms with Crippen LogP contribution >= 0.6 is 0 Å². The van der Waals surface area contributed by atoms with Crippen molar-refractivity contribution in [3.63, 3.8) is 0 Å². The van der Waals surface area contributed by atoms with Crippen LogP contribution in [0.2, 0.25) is 0 Å². The van der Waals surface area contributed by atoms with Gasteiger partial charge in [-0.25, -0.2) is 4.79 Å². The maximum Gasteiger partial charge on any atom is 0.405 e. The van der Waals surface area contributed by atoms with Crippen molar-refractivity contribution in [2.75, 3.05) is 6.54 Å². The summed E-state index contributed by atoms with van der Waals surface area (Å²) in [6, 6.07) is -2.85. The normalized spacial score (nSPS) is 19.4. The van der Waals surface area contributed by atoms with Gasteiger partial charge in [0.2, 0.25) is 17.7 Å². The van der Waals surface area contributed by atoms with Crippen LogP contribution in [-0.4, -0.2) is 59.9 Å². The largest absolute Gasteiger partial charge is 0.465 e. The Hall–Kier alpha value is -2.65. The molecule has 0 saturated carbocycles. The Balaban J connectivity index is 2.90. The van der Waals surface area contributed by atoms with Crippen LogP contribution < -0.4 is 21.3 Å². The average Bonchev–Trinajstić information content (AvgIpc) is 3.01. The molecule has 1 fully saturated rings. The molecule has 0 aromatic rings. The summed E-state index contributed by atoms with van der Waals surface area (Å²) >= 11 is 0. The van der Waals surface area contributed by atoms with Gasteiger partial charge in [0.1, 0.15) is 18.4 Å². The number of aldehydes is 1. The Labute approximate surface area is 176 Å². The highest BCUT2D eigenvalue weighted by molar-refractivity contribution is 5.92. The highest BCUT2D eigenvalue weighted by atomic mass is 16.4. The van der Waals surface area contributed by atoms with Crippen molar-refractivity contribution in [2.45, 2.75) is 72.0 Å². The van der Waals surface area contributed by atoms with E-state index in [0.717, 1.165) is 0 Å². The van der Waals surface area contributed by atoms with Crippen LogP contribution in [-0.2, 0) is 19.2 Å². The molecular formula is C20H34N4O6. The monoisotopic (exact) mass is 426 g/mol. The summed E-state index contributed by atoms with van der Waals surface area (Å²) in [6.45, 7) is 9.61. The van der Waals surface area contributed by atoms with Gasteiger partial charge in [-0.2, -0.15) is 0 Å². The maximum absolute atomic E-state index is 12.9. The lowest BCUT2D eigenvalue weighted by atomic mass is 9.87. The first kappa shape index (κ1) is 25.4. The molecule has 1 aliphatic heterocycles. The molecule has 170 valence electrons. The van der Waals surface area contributed by atoms with E-state index in [0.29, 0.717) is 19.3 Å². The third-order valence-electron chi connectivity index (χ3n) is 4.87. The first-order chi connectivity index (χ1) is 13.8. The molecular weight excluding hydrogens is 392 g/mol. The SMILES string of the molecule is CC(C)C(NC(=O)O)C(=O)NC(CC(C)(C)C)C(=O)NC(C=O)CC1CCNC1=O. The van der Waals surface area contributed by atoms with E-state index in [4.69, 9.17) is 5.11 Å². The molecule has 1 saturated heterocycles. The number of rotatable bonds is 10. The van der Waals surface area contributed by atoms with Gasteiger partial charge >= 0.3 is 6.09 Å². The summed E-state index contributed by atoms with van der Waals surface area (Å²) in [6.07, 6.45) is 0.307. The van der Waals surface area contributed by atoms with Gasteiger partial charge in [-0.3, -0.25) is 14.4 Å². The lowest BCUT2D eigenvalue weighted by Gasteiger charge is -2.29. The molecule has 4 unspecified atom stereocenters. The molecule has 1 heterocycles. The molecule has 0 bridgehead atoms. The van der Waals surface area contributed by atoms with Gasteiger partial charge in [-0.15, -0.1) is 0 Å². The quantitative estimate of drug-likeness (QED) is 0.319. The zero-order valence-corrected chi connectivity index (χ0v) is 18.3. The number of carbonyl (C=O) groups is 5. The average molecular weight is 427 g/mol. The molecule has 0 aliphatic carbocycles. The van der Waals surface area contributed by atoms with Crippen LogP contribution in [0.4, 0.5) is 4.79 Å². The molecule has 10 nitrogen and oxygen atoms in total. The summed E-state index contributed by atoms with van der Waals surface area (Å²) in [4.78, 5) is 59.8. The minimum absolute atomic E-state index is 0.143. The van der Waals surface area contributed by atoms with Crippen LogP contribution in [0.15, 0.2) is 0 Å². The van der Waals surface area contributed by atoms with E-state index in [1.807, 2.05) is 20.8 Å². The molecule has 0 aromatic heterocycles. The van der Waals surface area contributed by atoms with Crippen molar-refractivity contribution in [1.29, 1.82) is 0 Å². The van der Waals surface area contributed by atoms with Gasteiger partial charge in [-0.1, -0.05) is 34.6 Å². The number of hydrogen-bond donors (Lipinski definition) is 5. The Morgan fingerprint density at radius 2 is 1.80 bits per heavy atom. The summed E-state index contributed by atoms with van der Waals surface area (Å²) in [7, 11) is 0. The summed E-state index contributed by atoms with van der Waals surface area (Å²) in [5.41, 5.74) is -0.329. The zero-order chi connectivity index (χ0) is 23.1. The van der Waals surface area contributed by atoms with E-state index in [1.54, 1.807) is 13.8 Å². The number of carboxylic acid groups (broad SMARTS) is 1. The molecule has 1 rings (SSSR count). The summed E-state index contributed by atoms with van der Waals surface area (Å²) in [5, 5.41) is 19.1. The molecule has 30 heavy (non-hydrogen) atoms. The van der Waals surface area contributed by atoms with Crippen molar-refractivity contribution in [2.24, 2.45) is 17.3 Å². The number of carbonyl (C=O) groups excluding carboxylic acids is 4. The standard InChI is InChI=1S/C20H34N4O6/c1-11(2)15(24-19(29)30)18(28)23-14(9-20(3,4)5)17(27)22-13(10-25)8-12-6-7-21-16(12)26/h10-15,24H,6-9H2,1-5H3,(H,21,26)(H,22,27)(H,23,28)(H,29,30). The van der Waals surface area contributed by atoms with E-state index in [1.165, 1.54) is 0 Å². The second-order valence-corrected chi connectivity index (χ2v) is 9.26. The predicted molar refractivity (Wildman–Crippen MR) is 110 cm³/mol. The second kappa shape index (κ2) is 10.9. The van der Waals surface area contributed by atoms with E-state index < -0.39 is 36.0 Å². The fourth-order valence-corrected chi connectivity index (χ4v) is 3.36. The van der Waals surface area contributed by atoms with Gasteiger partial charge in [0, 0.05) is 12.5 Å². The Morgan fingerprint density at radius 1 is 1.17 bits per heavy atom. The Kier molecular flexibility index (Phi) is 9.25. The lowest BCUT2D eigenvalue weighted by molar-refractivity contribution is -0.132. The highest BCUT2D eigenvalue weighted by Crippen LogP contribution is 2.22. The third-order valence-corrected chi connectivity index (χ3v) is 4.87. The predicted octanol–water partition coefficient (Wildman–Crippen LogP) is 0.410. The molecule has 10 heteroatoms. The molecule has 1 aliphatic rings. The number of amides is 4. The fraction of sp³-hybridized carbons (Fsp3) is 0.750. The fourth-order valence-electron chi connectivity index (χ4n) is 3.36. The van der Waals surface area contributed by atoms with Gasteiger partial charge < -0.3 is 31.2 Å². The van der Waals surface area contributed by atoms with Crippen molar-refractivity contribution < 1.29 is 29.1 Å². The third kappa shape index (κ3) is 8.38. The Morgan fingerprint density at radius 3 is 2.23 bits per heavy atom. The van der Waals surface area contributed by atoms with Crippen molar-refractivity contribution in [3.8, 4) is 0 Å². The molecule has 0 spiro atoms. The van der Waals surface area contributed by atoms with E-state index >= 15 is 0 Å². The van der Waals surface area contributed by atoms with Crippen LogP contribution in [0.3, 0.4) is 0 Å². The first-order valence-electron chi connectivity index (χ1n) is 10.2. The van der Waals surface area contributed by atoms with Crippen LogP contribution in [0.25, 0.3) is 0 Å². The molecule has 0 radical (unpaired) electrons. The zero-order valence-electron chi connectivity index (χ0n) is 18.3. The minimum atomic E-state index is -1.34. The minimum Gasteiger partial charge on any atom is -0.465 e. The smallest absolute Gasteiger partial charge is 0.405 e. The number of hydrogen-bond acceptors (Lipinski definition) is 5. The summed E-state index contributed by atoms with van der Waals surface area (Å²) in [5.74, 6) is -1.99. The second-order valence-electron chi connectivity index (χ2n) is 9.26. The Bertz CT molecular complexity index is 658. The van der Waals surface area contributed by atoms with Crippen LogP contribution in [0, 0.1) is 17.3 Å². The molecule has 5 N–H and O–H groups in total. The van der Waals surface area contributed by atoms with Crippen molar-refractivity contribution >= 4 is 30.1 Å². The first-order valence-corrected chi connectivity index (χ1v) is 10.2. The van der Waals surface area contributed by atoms with Gasteiger partial charge in [-0.05, 0) is 30.6 Å². The van der Waals surface area contributed by atoms with Gasteiger partial charge in [0.05, 0.1) is 6.04 Å². The highest BCUT2D eigenvalue weighted by Gasteiger charge is 2.33. The number of nitrogens with one attached hydrogen (secondary N) is 4. The topological polar surface area (TPSA) is 154 Å². The van der Waals surface area contributed by atoms with E-state index in [-0.39, 0.29) is 36.0 Å². The van der Waals surface area contributed by atoms with Crippen LogP contribution in [0.5, 0.6) is 0 Å². The van der Waals surface area contributed by atoms with Crippen molar-refractivity contribution in [3.05, 3.63) is 0 Å². The van der Waals surface area contributed by atoms with Crippen molar-refractivity contribution in [1.82, 2.24) is 21.3 Å². The summed E-state index contributed by atoms with van der Waals surface area (Å²) < 4.78 is 0. The molecule has 0 aromatic carbocycles.